The molecule has 4 rings (SSSR count). The summed E-state index contributed by atoms with van der Waals surface area (Å²) in [5.41, 5.74) is 1.21. The lowest BCUT2D eigenvalue weighted by molar-refractivity contribution is 0.182. The number of nitrogens with zero attached hydrogens (tertiary/aromatic N) is 4. The number of anilines is 1. The van der Waals surface area contributed by atoms with Crippen molar-refractivity contribution < 1.29 is 9.53 Å². The zero-order valence-electron chi connectivity index (χ0n) is 14.0. The van der Waals surface area contributed by atoms with Gasteiger partial charge in [0.25, 0.3) is 0 Å². The lowest BCUT2D eigenvalue weighted by atomic mass is 10.1. The van der Waals surface area contributed by atoms with Gasteiger partial charge in [-0.05, 0) is 11.6 Å². The molecule has 2 aliphatic heterocycles. The van der Waals surface area contributed by atoms with Crippen LogP contribution in [-0.4, -0.2) is 59.7 Å². The Morgan fingerprint density at radius 2 is 2.04 bits per heavy atom. The van der Waals surface area contributed by atoms with Gasteiger partial charge in [0.2, 0.25) is 0 Å². The summed E-state index contributed by atoms with van der Waals surface area (Å²) in [6.45, 7) is 3.40. The van der Waals surface area contributed by atoms with Crippen LogP contribution < -0.4 is 15.0 Å². The first-order chi connectivity index (χ1) is 12.3. The summed E-state index contributed by atoms with van der Waals surface area (Å²) < 4.78 is 5.86. The highest BCUT2D eigenvalue weighted by molar-refractivity contribution is 5.74. The predicted molar refractivity (Wildman–Crippen MR) is 93.8 cm³/mol. The number of hydrogen-bond donors (Lipinski definition) is 1. The maximum absolute atomic E-state index is 12.4. The van der Waals surface area contributed by atoms with Gasteiger partial charge in [0.15, 0.2) is 0 Å². The van der Waals surface area contributed by atoms with Gasteiger partial charge >= 0.3 is 6.03 Å². The van der Waals surface area contributed by atoms with E-state index >= 15 is 0 Å². The first kappa shape index (κ1) is 15.7. The molecule has 2 aliphatic rings. The van der Waals surface area contributed by atoms with E-state index in [4.69, 9.17) is 4.74 Å². The van der Waals surface area contributed by atoms with Gasteiger partial charge in [0.05, 0.1) is 12.7 Å². The quantitative estimate of drug-likeness (QED) is 0.913. The van der Waals surface area contributed by atoms with Crippen molar-refractivity contribution in [3.63, 3.8) is 0 Å². The lowest BCUT2D eigenvalue weighted by Gasteiger charge is -2.35. The number of carbonyl (C=O) groups excluding carboxylic acids is 1. The molecule has 1 aromatic heterocycles. The average Bonchev–Trinajstić information content (AvgIpc) is 3.10. The molecule has 0 saturated carbocycles. The Bertz CT molecular complexity index is 706. The summed E-state index contributed by atoms with van der Waals surface area (Å²) in [5.74, 6) is 1.79. The van der Waals surface area contributed by atoms with E-state index in [0.29, 0.717) is 19.6 Å². The van der Waals surface area contributed by atoms with Gasteiger partial charge in [0.1, 0.15) is 17.7 Å². The van der Waals surface area contributed by atoms with Crippen LogP contribution in [0.5, 0.6) is 5.75 Å². The van der Waals surface area contributed by atoms with Crippen LogP contribution in [-0.2, 0) is 6.42 Å². The number of para-hydroxylation sites is 1. The third-order valence-corrected chi connectivity index (χ3v) is 4.64. The highest BCUT2D eigenvalue weighted by Crippen LogP contribution is 2.27. The molecule has 1 saturated heterocycles. The second-order valence-electron chi connectivity index (χ2n) is 6.28. The second kappa shape index (κ2) is 6.96. The number of benzene rings is 1. The third kappa shape index (κ3) is 3.50. The molecule has 1 atom stereocenters. The van der Waals surface area contributed by atoms with Crippen LogP contribution in [0.25, 0.3) is 0 Å². The monoisotopic (exact) mass is 339 g/mol. The molecule has 0 spiro atoms. The number of urea groups is 1. The second-order valence-corrected chi connectivity index (χ2v) is 6.28. The average molecular weight is 339 g/mol. The van der Waals surface area contributed by atoms with Crippen LogP contribution in [0.3, 0.4) is 0 Å². The minimum Gasteiger partial charge on any atom is -0.488 e. The summed E-state index contributed by atoms with van der Waals surface area (Å²) in [6.07, 6.45) is 5.97. The van der Waals surface area contributed by atoms with Crippen LogP contribution in [0.2, 0.25) is 0 Å². The molecule has 7 heteroatoms. The number of piperazine rings is 1. The zero-order chi connectivity index (χ0) is 17.1. The molecule has 1 N–H and O–H groups in total. The third-order valence-electron chi connectivity index (χ3n) is 4.64. The van der Waals surface area contributed by atoms with Crippen LogP contribution in [0.4, 0.5) is 10.6 Å². The first-order valence-corrected chi connectivity index (χ1v) is 8.58. The molecule has 2 amide bonds. The maximum Gasteiger partial charge on any atom is 0.317 e. The van der Waals surface area contributed by atoms with Crippen molar-refractivity contribution in [2.75, 3.05) is 37.6 Å². The molecule has 3 heterocycles. The van der Waals surface area contributed by atoms with Gasteiger partial charge in [-0.25, -0.2) is 9.78 Å². The van der Waals surface area contributed by atoms with E-state index in [-0.39, 0.29) is 12.1 Å². The largest absolute Gasteiger partial charge is 0.488 e. The number of fused-ring (bicyclic) bond motifs is 1. The minimum absolute atomic E-state index is 0.0160. The Morgan fingerprint density at radius 3 is 2.80 bits per heavy atom. The van der Waals surface area contributed by atoms with Crippen LogP contribution in [0.15, 0.2) is 42.9 Å². The highest BCUT2D eigenvalue weighted by atomic mass is 16.5. The van der Waals surface area contributed by atoms with Crippen LogP contribution >= 0.6 is 0 Å². The number of nitrogens with one attached hydrogen (secondary N) is 1. The number of hydrogen-bond acceptors (Lipinski definition) is 5. The standard InChI is InChI=1S/C18H21N5O2/c24-18(21-12-15-11-14-3-1-2-4-16(14)25-15)23-9-7-22(8-10-23)17-13-19-5-6-20-17/h1-6,13,15H,7-12H2,(H,21,24)/t15-/m1/s1. The molecule has 1 fully saturated rings. The van der Waals surface area contributed by atoms with Crippen molar-refractivity contribution in [3.05, 3.63) is 48.4 Å². The van der Waals surface area contributed by atoms with Gasteiger partial charge in [0, 0.05) is 45.0 Å². The Morgan fingerprint density at radius 1 is 1.20 bits per heavy atom. The van der Waals surface area contributed by atoms with Crippen molar-refractivity contribution >= 4 is 11.8 Å². The van der Waals surface area contributed by atoms with Crippen LogP contribution in [0, 0.1) is 0 Å². The number of carbonyl (C=O) groups is 1. The van der Waals surface area contributed by atoms with Crippen molar-refractivity contribution in [2.45, 2.75) is 12.5 Å². The van der Waals surface area contributed by atoms with E-state index in [9.17, 15) is 4.79 Å². The van der Waals surface area contributed by atoms with Gasteiger partial charge in [-0.15, -0.1) is 0 Å². The molecule has 130 valence electrons. The maximum atomic E-state index is 12.4. The van der Waals surface area contributed by atoms with E-state index in [1.807, 2.05) is 23.1 Å². The molecule has 25 heavy (non-hydrogen) atoms. The number of ether oxygens (including phenoxy) is 1. The van der Waals surface area contributed by atoms with Gasteiger partial charge in [-0.2, -0.15) is 0 Å². The Labute approximate surface area is 146 Å². The Hall–Kier alpha value is -2.83. The number of amides is 2. The summed E-state index contributed by atoms with van der Waals surface area (Å²) in [5, 5.41) is 3.00. The van der Waals surface area contributed by atoms with Crippen molar-refractivity contribution in [1.29, 1.82) is 0 Å². The normalized spacial score (nSPS) is 19.3. The lowest BCUT2D eigenvalue weighted by Crippen LogP contribution is -2.53. The number of rotatable bonds is 3. The molecule has 0 radical (unpaired) electrons. The van der Waals surface area contributed by atoms with Gasteiger partial charge in [-0.3, -0.25) is 4.98 Å². The SMILES string of the molecule is O=C(NC[C@H]1Cc2ccccc2O1)N1CCN(c2cnccn2)CC1. The predicted octanol–water partition coefficient (Wildman–Crippen LogP) is 1.31. The van der Waals surface area contributed by atoms with E-state index in [0.717, 1.165) is 31.1 Å². The van der Waals surface area contributed by atoms with Crippen molar-refractivity contribution in [3.8, 4) is 5.75 Å². The Balaban J connectivity index is 1.24. The fraction of sp³-hybridized carbons (Fsp3) is 0.389. The molecule has 0 bridgehead atoms. The molecule has 0 aliphatic carbocycles. The fourth-order valence-electron chi connectivity index (χ4n) is 3.27. The van der Waals surface area contributed by atoms with Gasteiger partial charge in [-0.1, -0.05) is 18.2 Å². The zero-order valence-corrected chi connectivity index (χ0v) is 14.0. The molecule has 2 aromatic rings. The molecule has 1 aromatic carbocycles. The highest BCUT2D eigenvalue weighted by Gasteiger charge is 2.25. The van der Waals surface area contributed by atoms with Crippen molar-refractivity contribution in [1.82, 2.24) is 20.2 Å². The van der Waals surface area contributed by atoms with E-state index in [1.54, 1.807) is 18.6 Å². The molecule has 0 unspecified atom stereocenters. The fourth-order valence-corrected chi connectivity index (χ4v) is 3.27. The number of aromatic nitrogens is 2. The smallest absolute Gasteiger partial charge is 0.317 e. The summed E-state index contributed by atoms with van der Waals surface area (Å²) in [6, 6.07) is 8.00. The summed E-state index contributed by atoms with van der Waals surface area (Å²) in [4.78, 5) is 24.8. The van der Waals surface area contributed by atoms with Gasteiger partial charge < -0.3 is 19.9 Å². The summed E-state index contributed by atoms with van der Waals surface area (Å²) in [7, 11) is 0. The minimum atomic E-state index is -0.0293. The van der Waals surface area contributed by atoms with E-state index in [2.05, 4.69) is 26.3 Å². The van der Waals surface area contributed by atoms with Crippen molar-refractivity contribution in [2.24, 2.45) is 0 Å². The Kier molecular flexibility index (Phi) is 4.37. The van der Waals surface area contributed by atoms with E-state index < -0.39 is 0 Å². The van der Waals surface area contributed by atoms with E-state index in [1.165, 1.54) is 5.56 Å². The topological polar surface area (TPSA) is 70.6 Å². The van der Waals surface area contributed by atoms with Crippen LogP contribution in [0.1, 0.15) is 5.56 Å². The molecular formula is C18H21N5O2. The molecule has 7 nitrogen and oxygen atoms in total. The summed E-state index contributed by atoms with van der Waals surface area (Å²) >= 11 is 0. The first-order valence-electron chi connectivity index (χ1n) is 8.58. The molecular weight excluding hydrogens is 318 g/mol.